The Hall–Kier alpha value is -1.64. The van der Waals surface area contributed by atoms with E-state index in [4.69, 9.17) is 5.11 Å². The van der Waals surface area contributed by atoms with Crippen LogP contribution in [0.15, 0.2) is 18.2 Å². The molecular formula is C14H18O3. The maximum Gasteiger partial charge on any atom is 0.307 e. The molecular weight excluding hydrogens is 216 g/mol. The topological polar surface area (TPSA) is 54.4 Å². The molecule has 0 spiro atoms. The third-order valence-electron chi connectivity index (χ3n) is 2.68. The van der Waals surface area contributed by atoms with Crippen molar-refractivity contribution in [3.8, 4) is 0 Å². The van der Waals surface area contributed by atoms with E-state index in [-0.39, 0.29) is 12.2 Å². The van der Waals surface area contributed by atoms with Gasteiger partial charge in [0, 0.05) is 12.0 Å². The fourth-order valence-corrected chi connectivity index (χ4v) is 1.96. The molecule has 92 valence electrons. The van der Waals surface area contributed by atoms with Gasteiger partial charge < -0.3 is 5.11 Å². The first-order chi connectivity index (χ1) is 8.16. The predicted molar refractivity (Wildman–Crippen MR) is 66.4 cm³/mol. The van der Waals surface area contributed by atoms with Crippen LogP contribution in [0.4, 0.5) is 0 Å². The highest BCUT2D eigenvalue weighted by atomic mass is 16.4. The number of hydrogen-bond donors (Lipinski definition) is 1. The van der Waals surface area contributed by atoms with Crippen LogP contribution in [0.25, 0.3) is 0 Å². The van der Waals surface area contributed by atoms with Gasteiger partial charge in [0.15, 0.2) is 5.78 Å². The first kappa shape index (κ1) is 13.4. The molecule has 0 saturated heterocycles. The molecule has 0 radical (unpaired) electrons. The standard InChI is InChI=1S/C12H12O3.C2H6/c13-11-3-1-2-9-5-4-8(6-10(9)11)7-12(14)15;1-2/h4-6H,1-3,7H2,(H,14,15);1-2H3. The van der Waals surface area contributed by atoms with E-state index in [0.29, 0.717) is 12.0 Å². The Morgan fingerprint density at radius 3 is 2.65 bits per heavy atom. The van der Waals surface area contributed by atoms with Crippen LogP contribution in [-0.4, -0.2) is 16.9 Å². The molecule has 0 fully saturated rings. The highest BCUT2D eigenvalue weighted by molar-refractivity contribution is 5.98. The summed E-state index contributed by atoms with van der Waals surface area (Å²) >= 11 is 0. The third-order valence-corrected chi connectivity index (χ3v) is 2.68. The predicted octanol–water partition coefficient (Wildman–Crippen LogP) is 2.86. The Labute approximate surface area is 101 Å². The number of aliphatic carboxylic acids is 1. The molecule has 3 heteroatoms. The summed E-state index contributed by atoms with van der Waals surface area (Å²) in [7, 11) is 0. The molecule has 1 aliphatic rings. The Kier molecular flexibility index (Phi) is 4.88. The van der Waals surface area contributed by atoms with Gasteiger partial charge in [-0.05, 0) is 30.0 Å². The minimum absolute atomic E-state index is 0.0133. The molecule has 0 aromatic heterocycles. The Morgan fingerprint density at radius 1 is 1.29 bits per heavy atom. The average Bonchev–Trinajstić information content (AvgIpc) is 2.32. The summed E-state index contributed by atoms with van der Waals surface area (Å²) in [5, 5.41) is 8.65. The van der Waals surface area contributed by atoms with Gasteiger partial charge in [0.05, 0.1) is 6.42 Å². The number of carboxylic acid groups (broad SMARTS) is 1. The second-order valence-corrected chi connectivity index (χ2v) is 3.84. The van der Waals surface area contributed by atoms with Gasteiger partial charge in [-0.3, -0.25) is 9.59 Å². The van der Waals surface area contributed by atoms with Gasteiger partial charge in [-0.25, -0.2) is 0 Å². The lowest BCUT2D eigenvalue weighted by molar-refractivity contribution is -0.136. The molecule has 0 saturated carbocycles. The summed E-state index contributed by atoms with van der Waals surface area (Å²) in [6.07, 6.45) is 2.41. The lowest BCUT2D eigenvalue weighted by Gasteiger charge is -2.15. The lowest BCUT2D eigenvalue weighted by Crippen LogP contribution is -2.12. The Bertz CT molecular complexity index is 421. The number of ketones is 1. The van der Waals surface area contributed by atoms with Crippen LogP contribution in [0.2, 0.25) is 0 Å². The molecule has 17 heavy (non-hydrogen) atoms. The van der Waals surface area contributed by atoms with E-state index in [1.807, 2.05) is 19.9 Å². The number of carboxylic acids is 1. The van der Waals surface area contributed by atoms with Gasteiger partial charge in [0.2, 0.25) is 0 Å². The minimum Gasteiger partial charge on any atom is -0.481 e. The number of benzene rings is 1. The summed E-state index contributed by atoms with van der Waals surface area (Å²) in [5.41, 5.74) is 2.48. The normalized spacial score (nSPS) is 13.4. The van der Waals surface area contributed by atoms with E-state index in [9.17, 15) is 9.59 Å². The molecule has 0 bridgehead atoms. The van der Waals surface area contributed by atoms with E-state index < -0.39 is 5.97 Å². The van der Waals surface area contributed by atoms with Crippen LogP contribution in [0.1, 0.15) is 48.2 Å². The van der Waals surface area contributed by atoms with Crippen LogP contribution in [0.3, 0.4) is 0 Å². The van der Waals surface area contributed by atoms with Crippen LogP contribution in [0.5, 0.6) is 0 Å². The van der Waals surface area contributed by atoms with Crippen LogP contribution < -0.4 is 0 Å². The Balaban J connectivity index is 0.000000686. The van der Waals surface area contributed by atoms with E-state index in [1.54, 1.807) is 12.1 Å². The lowest BCUT2D eigenvalue weighted by atomic mass is 9.89. The number of carbonyl (C=O) groups excluding carboxylic acids is 1. The summed E-state index contributed by atoms with van der Waals surface area (Å²) in [4.78, 5) is 22.1. The van der Waals surface area contributed by atoms with Crippen LogP contribution in [0, 0.1) is 0 Å². The molecule has 1 N–H and O–H groups in total. The van der Waals surface area contributed by atoms with Crippen LogP contribution in [-0.2, 0) is 17.6 Å². The Morgan fingerprint density at radius 2 is 2.00 bits per heavy atom. The number of rotatable bonds is 2. The summed E-state index contributed by atoms with van der Waals surface area (Å²) in [6, 6.07) is 5.40. The molecule has 0 heterocycles. The van der Waals surface area contributed by atoms with E-state index >= 15 is 0 Å². The molecule has 3 nitrogen and oxygen atoms in total. The number of aryl methyl sites for hydroxylation is 1. The van der Waals surface area contributed by atoms with Gasteiger partial charge in [0.25, 0.3) is 0 Å². The first-order valence-electron chi connectivity index (χ1n) is 6.03. The van der Waals surface area contributed by atoms with E-state index in [0.717, 1.165) is 24.0 Å². The highest BCUT2D eigenvalue weighted by Crippen LogP contribution is 2.22. The number of hydrogen-bond acceptors (Lipinski definition) is 2. The van der Waals surface area contributed by atoms with Crippen molar-refractivity contribution in [3.05, 3.63) is 34.9 Å². The molecule has 0 amide bonds. The average molecular weight is 234 g/mol. The van der Waals surface area contributed by atoms with Crippen molar-refractivity contribution in [1.82, 2.24) is 0 Å². The zero-order valence-electron chi connectivity index (χ0n) is 10.3. The molecule has 1 aromatic rings. The summed E-state index contributed by atoms with van der Waals surface area (Å²) in [6.45, 7) is 4.00. The zero-order valence-corrected chi connectivity index (χ0v) is 10.3. The smallest absolute Gasteiger partial charge is 0.307 e. The molecule has 0 aliphatic heterocycles. The number of fused-ring (bicyclic) bond motifs is 1. The monoisotopic (exact) mass is 234 g/mol. The summed E-state index contributed by atoms with van der Waals surface area (Å²) < 4.78 is 0. The van der Waals surface area contributed by atoms with Gasteiger partial charge in [-0.1, -0.05) is 26.0 Å². The zero-order chi connectivity index (χ0) is 12.8. The third kappa shape index (κ3) is 3.41. The molecule has 2 rings (SSSR count). The quantitative estimate of drug-likeness (QED) is 0.856. The fraction of sp³-hybridized carbons (Fsp3) is 0.429. The minimum atomic E-state index is -0.863. The van der Waals surface area contributed by atoms with Gasteiger partial charge >= 0.3 is 5.97 Å². The number of carbonyl (C=O) groups is 2. The van der Waals surface area contributed by atoms with Gasteiger partial charge in [-0.15, -0.1) is 0 Å². The van der Waals surface area contributed by atoms with Crippen molar-refractivity contribution in [1.29, 1.82) is 0 Å². The van der Waals surface area contributed by atoms with E-state index in [1.165, 1.54) is 0 Å². The van der Waals surface area contributed by atoms with E-state index in [2.05, 4.69) is 0 Å². The largest absolute Gasteiger partial charge is 0.481 e. The number of Topliss-reactive ketones (excluding diaryl/α,β-unsaturated/α-hetero) is 1. The van der Waals surface area contributed by atoms with Crippen molar-refractivity contribution >= 4 is 11.8 Å². The second-order valence-electron chi connectivity index (χ2n) is 3.84. The molecule has 0 atom stereocenters. The fourth-order valence-electron chi connectivity index (χ4n) is 1.96. The van der Waals surface area contributed by atoms with Crippen molar-refractivity contribution in [2.45, 2.75) is 39.5 Å². The van der Waals surface area contributed by atoms with Crippen molar-refractivity contribution in [2.24, 2.45) is 0 Å². The maximum absolute atomic E-state index is 11.6. The van der Waals surface area contributed by atoms with Crippen molar-refractivity contribution in [2.75, 3.05) is 0 Å². The maximum atomic E-state index is 11.6. The second kappa shape index (κ2) is 6.18. The molecule has 0 unspecified atom stereocenters. The van der Waals surface area contributed by atoms with Gasteiger partial charge in [-0.2, -0.15) is 0 Å². The summed E-state index contributed by atoms with van der Waals surface area (Å²) in [5.74, 6) is -0.721. The molecule has 1 aromatic carbocycles. The highest BCUT2D eigenvalue weighted by Gasteiger charge is 2.17. The van der Waals surface area contributed by atoms with Crippen molar-refractivity contribution in [3.63, 3.8) is 0 Å². The SMILES string of the molecule is CC.O=C(O)Cc1ccc2c(c1)C(=O)CCC2. The van der Waals surface area contributed by atoms with Gasteiger partial charge in [0.1, 0.15) is 0 Å². The van der Waals surface area contributed by atoms with Crippen molar-refractivity contribution < 1.29 is 14.7 Å². The van der Waals surface area contributed by atoms with Crippen LogP contribution >= 0.6 is 0 Å². The first-order valence-corrected chi connectivity index (χ1v) is 6.03. The molecule has 1 aliphatic carbocycles.